The highest BCUT2D eigenvalue weighted by Crippen LogP contribution is 2.29. The summed E-state index contributed by atoms with van der Waals surface area (Å²) in [6.45, 7) is 9.73. The number of pyridine rings is 1. The minimum Gasteiger partial charge on any atom is -0.310 e. The molecule has 0 radical (unpaired) electrons. The molecule has 1 aromatic heterocycles. The molecule has 0 aliphatic heterocycles. The molecule has 1 N–H and O–H groups in total. The Morgan fingerprint density at radius 3 is 2.67 bits per heavy atom. The van der Waals surface area contributed by atoms with E-state index in [1.54, 1.807) is 11.8 Å². The van der Waals surface area contributed by atoms with Crippen molar-refractivity contribution in [1.29, 1.82) is 0 Å². The van der Waals surface area contributed by atoms with Crippen molar-refractivity contribution in [2.45, 2.75) is 50.1 Å². The average Bonchev–Trinajstić information content (AvgIpc) is 2.49. The Morgan fingerprint density at radius 2 is 1.95 bits per heavy atom. The lowest BCUT2D eigenvalue weighted by Gasteiger charge is -2.14. The third-order valence-electron chi connectivity index (χ3n) is 3.66. The molecule has 0 fully saturated rings. The second-order valence-electron chi connectivity index (χ2n) is 5.45. The van der Waals surface area contributed by atoms with E-state index in [1.807, 2.05) is 6.20 Å². The van der Waals surface area contributed by atoms with Crippen molar-refractivity contribution in [2.24, 2.45) is 0 Å². The summed E-state index contributed by atoms with van der Waals surface area (Å²) in [5.41, 5.74) is 3.96. The van der Waals surface area contributed by atoms with Crippen LogP contribution in [0.3, 0.4) is 0 Å². The van der Waals surface area contributed by atoms with Crippen molar-refractivity contribution < 1.29 is 0 Å². The number of aryl methyl sites for hydroxylation is 2. The third-order valence-corrected chi connectivity index (χ3v) is 4.58. The summed E-state index contributed by atoms with van der Waals surface area (Å²) in [4.78, 5) is 5.73. The van der Waals surface area contributed by atoms with E-state index in [0.717, 1.165) is 18.0 Å². The first kappa shape index (κ1) is 16.1. The van der Waals surface area contributed by atoms with Crippen molar-refractivity contribution in [2.75, 3.05) is 6.54 Å². The lowest BCUT2D eigenvalue weighted by Crippen LogP contribution is -2.19. The predicted molar refractivity (Wildman–Crippen MR) is 91.0 cm³/mol. The van der Waals surface area contributed by atoms with Gasteiger partial charge in [0.25, 0.3) is 0 Å². The maximum Gasteiger partial charge on any atom is 0.101 e. The van der Waals surface area contributed by atoms with E-state index in [2.05, 4.69) is 68.3 Å². The second kappa shape index (κ2) is 7.62. The van der Waals surface area contributed by atoms with Crippen molar-refractivity contribution in [3.8, 4) is 0 Å². The molecule has 0 aliphatic carbocycles. The van der Waals surface area contributed by atoms with Crippen molar-refractivity contribution in [3.05, 3.63) is 53.2 Å². The molecule has 0 amide bonds. The van der Waals surface area contributed by atoms with Crippen LogP contribution in [0.15, 0.2) is 46.5 Å². The van der Waals surface area contributed by atoms with E-state index in [4.69, 9.17) is 0 Å². The monoisotopic (exact) mass is 300 g/mol. The van der Waals surface area contributed by atoms with E-state index in [1.165, 1.54) is 21.6 Å². The van der Waals surface area contributed by atoms with Gasteiger partial charge >= 0.3 is 0 Å². The molecule has 112 valence electrons. The summed E-state index contributed by atoms with van der Waals surface area (Å²) < 4.78 is 0. The summed E-state index contributed by atoms with van der Waals surface area (Å²) in [6, 6.07) is 11.2. The lowest BCUT2D eigenvalue weighted by atomic mass is 10.1. The van der Waals surface area contributed by atoms with E-state index >= 15 is 0 Å². The SMILES string of the molecule is CCCNC(C)c1ccnc(Sc2ccc(C)c(C)c2)c1. The molecule has 1 heterocycles. The highest BCUT2D eigenvalue weighted by Gasteiger charge is 2.07. The summed E-state index contributed by atoms with van der Waals surface area (Å²) in [7, 11) is 0. The zero-order valence-electron chi connectivity index (χ0n) is 13.3. The minimum absolute atomic E-state index is 0.368. The van der Waals surface area contributed by atoms with E-state index < -0.39 is 0 Å². The van der Waals surface area contributed by atoms with Gasteiger partial charge in [-0.1, -0.05) is 24.8 Å². The van der Waals surface area contributed by atoms with Gasteiger partial charge in [0.2, 0.25) is 0 Å². The molecule has 0 aliphatic rings. The Morgan fingerprint density at radius 1 is 1.14 bits per heavy atom. The van der Waals surface area contributed by atoms with Crippen molar-refractivity contribution in [3.63, 3.8) is 0 Å². The largest absolute Gasteiger partial charge is 0.310 e. The van der Waals surface area contributed by atoms with Gasteiger partial charge in [0.15, 0.2) is 0 Å². The fraction of sp³-hybridized carbons (Fsp3) is 0.389. The van der Waals surface area contributed by atoms with Crippen LogP contribution < -0.4 is 5.32 Å². The van der Waals surface area contributed by atoms with E-state index in [-0.39, 0.29) is 0 Å². The van der Waals surface area contributed by atoms with Gasteiger partial charge in [0.05, 0.1) is 0 Å². The molecule has 1 aromatic carbocycles. The number of benzene rings is 1. The third kappa shape index (κ3) is 4.58. The van der Waals surface area contributed by atoms with Crippen LogP contribution in [0.5, 0.6) is 0 Å². The van der Waals surface area contributed by atoms with Crippen molar-refractivity contribution >= 4 is 11.8 Å². The summed E-state index contributed by atoms with van der Waals surface area (Å²) in [5, 5.41) is 4.58. The maximum atomic E-state index is 4.48. The van der Waals surface area contributed by atoms with Crippen LogP contribution in [0.2, 0.25) is 0 Å². The maximum absolute atomic E-state index is 4.48. The van der Waals surface area contributed by atoms with Crippen LogP contribution in [-0.4, -0.2) is 11.5 Å². The molecule has 2 nitrogen and oxygen atoms in total. The fourth-order valence-electron chi connectivity index (χ4n) is 2.13. The summed E-state index contributed by atoms with van der Waals surface area (Å²) in [6.07, 6.45) is 3.06. The van der Waals surface area contributed by atoms with Gasteiger partial charge in [-0.3, -0.25) is 0 Å². The first-order valence-electron chi connectivity index (χ1n) is 7.54. The molecule has 1 atom stereocenters. The van der Waals surface area contributed by atoms with Gasteiger partial charge in [-0.2, -0.15) is 0 Å². The lowest BCUT2D eigenvalue weighted by molar-refractivity contribution is 0.569. The predicted octanol–water partition coefficient (Wildman–Crippen LogP) is 4.91. The Labute approximate surface area is 132 Å². The van der Waals surface area contributed by atoms with Crippen LogP contribution in [0.4, 0.5) is 0 Å². The van der Waals surface area contributed by atoms with Crippen LogP contribution in [0, 0.1) is 13.8 Å². The van der Waals surface area contributed by atoms with Crippen LogP contribution in [-0.2, 0) is 0 Å². The number of rotatable bonds is 6. The highest BCUT2D eigenvalue weighted by atomic mass is 32.2. The average molecular weight is 300 g/mol. The van der Waals surface area contributed by atoms with E-state index in [0.29, 0.717) is 6.04 Å². The fourth-order valence-corrected chi connectivity index (χ4v) is 3.05. The van der Waals surface area contributed by atoms with Crippen molar-refractivity contribution in [1.82, 2.24) is 10.3 Å². The molecule has 3 heteroatoms. The Bertz CT molecular complexity index is 596. The second-order valence-corrected chi connectivity index (χ2v) is 6.55. The highest BCUT2D eigenvalue weighted by molar-refractivity contribution is 7.99. The van der Waals surface area contributed by atoms with Gasteiger partial charge < -0.3 is 5.32 Å². The molecular weight excluding hydrogens is 276 g/mol. The molecule has 2 rings (SSSR count). The van der Waals surface area contributed by atoms with Crippen LogP contribution >= 0.6 is 11.8 Å². The number of hydrogen-bond acceptors (Lipinski definition) is 3. The van der Waals surface area contributed by atoms with Gasteiger partial charge in [-0.05, 0) is 74.7 Å². The Balaban J connectivity index is 2.11. The van der Waals surface area contributed by atoms with Crippen LogP contribution in [0.25, 0.3) is 0 Å². The number of nitrogens with one attached hydrogen (secondary N) is 1. The molecule has 0 saturated carbocycles. The van der Waals surface area contributed by atoms with Gasteiger partial charge in [-0.15, -0.1) is 0 Å². The molecule has 0 bridgehead atoms. The van der Waals surface area contributed by atoms with Gasteiger partial charge in [0, 0.05) is 17.1 Å². The van der Waals surface area contributed by atoms with Gasteiger partial charge in [0.1, 0.15) is 5.03 Å². The first-order valence-corrected chi connectivity index (χ1v) is 8.36. The quantitative estimate of drug-likeness (QED) is 0.820. The first-order chi connectivity index (χ1) is 10.1. The standard InChI is InChI=1S/C18H24N2S/c1-5-9-19-15(4)16-8-10-20-18(12-16)21-17-7-6-13(2)14(3)11-17/h6-8,10-12,15,19H,5,9H2,1-4H3. The summed E-state index contributed by atoms with van der Waals surface area (Å²) in [5.74, 6) is 0. The minimum atomic E-state index is 0.368. The molecule has 2 aromatic rings. The zero-order chi connectivity index (χ0) is 15.2. The Kier molecular flexibility index (Phi) is 5.83. The number of hydrogen-bond donors (Lipinski definition) is 1. The van der Waals surface area contributed by atoms with Gasteiger partial charge in [-0.25, -0.2) is 4.98 Å². The molecule has 1 unspecified atom stereocenters. The molecular formula is C18H24N2S. The van der Waals surface area contributed by atoms with E-state index in [9.17, 15) is 0 Å². The zero-order valence-corrected chi connectivity index (χ0v) is 14.1. The Hall–Kier alpha value is -1.32. The smallest absolute Gasteiger partial charge is 0.101 e. The normalized spacial score (nSPS) is 12.4. The molecule has 0 saturated heterocycles. The molecule has 0 spiro atoms. The van der Waals surface area contributed by atoms with Crippen LogP contribution in [0.1, 0.15) is 43.0 Å². The molecule has 21 heavy (non-hydrogen) atoms. The number of aromatic nitrogens is 1. The number of nitrogens with zero attached hydrogens (tertiary/aromatic N) is 1. The topological polar surface area (TPSA) is 24.9 Å². The summed E-state index contributed by atoms with van der Waals surface area (Å²) >= 11 is 1.73.